The van der Waals surface area contributed by atoms with E-state index in [4.69, 9.17) is 9.47 Å². The molecule has 10 heteroatoms. The summed E-state index contributed by atoms with van der Waals surface area (Å²) in [6.45, 7) is 4.36. The molecule has 1 aromatic heterocycles. The predicted octanol–water partition coefficient (Wildman–Crippen LogP) is 3.37. The smallest absolute Gasteiger partial charge is 0.258 e. The van der Waals surface area contributed by atoms with Crippen LogP contribution in [0.25, 0.3) is 0 Å². The molecule has 0 bridgehead atoms. The van der Waals surface area contributed by atoms with E-state index in [2.05, 4.69) is 34.7 Å². The molecule has 0 aliphatic carbocycles. The Kier molecular flexibility index (Phi) is 8.92. The molecule has 9 nitrogen and oxygen atoms in total. The first kappa shape index (κ1) is 25.1. The van der Waals surface area contributed by atoms with E-state index in [1.54, 1.807) is 43.0 Å². The van der Waals surface area contributed by atoms with E-state index in [-0.39, 0.29) is 30.7 Å². The average molecular weight is 484 g/mol. The largest absolute Gasteiger partial charge is 0.497 e. The first-order valence-electron chi connectivity index (χ1n) is 10.8. The van der Waals surface area contributed by atoms with Crippen LogP contribution in [0.15, 0.2) is 53.7 Å². The number of carbonyl (C=O) groups is 2. The van der Waals surface area contributed by atoms with Gasteiger partial charge in [0.25, 0.3) is 5.91 Å². The molecule has 0 aliphatic rings. The summed E-state index contributed by atoms with van der Waals surface area (Å²) in [4.78, 5) is 24.4. The minimum atomic E-state index is -0.260. The van der Waals surface area contributed by atoms with Crippen molar-refractivity contribution in [3.05, 3.63) is 59.9 Å². The van der Waals surface area contributed by atoms with Crippen LogP contribution in [0, 0.1) is 0 Å². The van der Waals surface area contributed by atoms with Gasteiger partial charge in [-0.05, 0) is 47.9 Å². The molecule has 2 amide bonds. The lowest BCUT2D eigenvalue weighted by molar-refractivity contribution is -0.123. The van der Waals surface area contributed by atoms with Crippen LogP contribution < -0.4 is 20.1 Å². The number of rotatable bonds is 11. The van der Waals surface area contributed by atoms with Gasteiger partial charge in [0.05, 0.1) is 19.4 Å². The second kappa shape index (κ2) is 12.1. The summed E-state index contributed by atoms with van der Waals surface area (Å²) >= 11 is 1.26. The molecule has 3 aromatic rings. The second-order valence-electron chi connectivity index (χ2n) is 7.81. The summed E-state index contributed by atoms with van der Waals surface area (Å²) in [7, 11) is 3.38. The minimum Gasteiger partial charge on any atom is -0.497 e. The van der Waals surface area contributed by atoms with Crippen LogP contribution in [0.4, 0.5) is 5.69 Å². The molecule has 0 radical (unpaired) electrons. The first-order chi connectivity index (χ1) is 16.4. The third kappa shape index (κ3) is 7.24. The molecular weight excluding hydrogens is 454 g/mol. The fraction of sp³-hybridized carbons (Fsp3) is 0.333. The van der Waals surface area contributed by atoms with Gasteiger partial charge in [-0.25, -0.2) is 0 Å². The maximum atomic E-state index is 12.2. The number of nitrogens with zero attached hydrogens (tertiary/aromatic N) is 3. The number of carbonyl (C=O) groups excluding carboxylic acids is 2. The lowest BCUT2D eigenvalue weighted by Crippen LogP contribution is -2.29. The summed E-state index contributed by atoms with van der Waals surface area (Å²) in [5.74, 6) is 2.13. The Bertz CT molecular complexity index is 1100. The molecule has 180 valence electrons. The van der Waals surface area contributed by atoms with Gasteiger partial charge in [-0.15, -0.1) is 10.2 Å². The van der Waals surface area contributed by atoms with Crippen LogP contribution >= 0.6 is 11.8 Å². The Morgan fingerprint density at radius 3 is 2.32 bits per heavy atom. The molecule has 0 atom stereocenters. The third-order valence-electron chi connectivity index (χ3n) is 4.99. The van der Waals surface area contributed by atoms with Crippen molar-refractivity contribution >= 4 is 29.3 Å². The molecule has 1 heterocycles. The van der Waals surface area contributed by atoms with Gasteiger partial charge in [-0.1, -0.05) is 37.7 Å². The van der Waals surface area contributed by atoms with Gasteiger partial charge < -0.3 is 24.7 Å². The number of hydrogen-bond donors (Lipinski definition) is 2. The van der Waals surface area contributed by atoms with Gasteiger partial charge in [-0.3, -0.25) is 9.59 Å². The number of hydrogen-bond acceptors (Lipinski definition) is 7. The average Bonchev–Trinajstić information content (AvgIpc) is 3.20. The summed E-state index contributed by atoms with van der Waals surface area (Å²) in [5, 5.41) is 14.4. The molecule has 0 aliphatic heterocycles. The van der Waals surface area contributed by atoms with Crippen molar-refractivity contribution in [2.24, 2.45) is 7.05 Å². The van der Waals surface area contributed by atoms with Crippen LogP contribution in [0.1, 0.15) is 31.2 Å². The Morgan fingerprint density at radius 1 is 1.00 bits per heavy atom. The van der Waals surface area contributed by atoms with Crippen molar-refractivity contribution in [3.8, 4) is 11.5 Å². The molecule has 34 heavy (non-hydrogen) atoms. The lowest BCUT2D eigenvalue weighted by atomic mass is 10.0. The monoisotopic (exact) mass is 483 g/mol. The Morgan fingerprint density at radius 2 is 1.68 bits per heavy atom. The highest BCUT2D eigenvalue weighted by atomic mass is 32.2. The van der Waals surface area contributed by atoms with E-state index in [0.29, 0.717) is 28.3 Å². The van der Waals surface area contributed by atoms with E-state index in [1.807, 2.05) is 24.3 Å². The number of nitrogens with one attached hydrogen (secondary N) is 2. The fourth-order valence-corrected chi connectivity index (χ4v) is 3.68. The van der Waals surface area contributed by atoms with Crippen LogP contribution in [0.3, 0.4) is 0 Å². The van der Waals surface area contributed by atoms with Gasteiger partial charge in [0, 0.05) is 12.7 Å². The topological polar surface area (TPSA) is 107 Å². The lowest BCUT2D eigenvalue weighted by Gasteiger charge is -2.09. The fourth-order valence-electron chi connectivity index (χ4n) is 2.95. The van der Waals surface area contributed by atoms with Gasteiger partial charge in [0.15, 0.2) is 17.6 Å². The van der Waals surface area contributed by atoms with E-state index in [1.165, 1.54) is 17.3 Å². The summed E-state index contributed by atoms with van der Waals surface area (Å²) in [5.41, 5.74) is 1.90. The van der Waals surface area contributed by atoms with Crippen molar-refractivity contribution in [3.63, 3.8) is 0 Å². The van der Waals surface area contributed by atoms with Crippen LogP contribution in [-0.2, 0) is 23.2 Å². The number of benzene rings is 2. The van der Waals surface area contributed by atoms with Crippen molar-refractivity contribution in [1.82, 2.24) is 20.1 Å². The maximum absolute atomic E-state index is 12.2. The molecule has 0 fully saturated rings. The summed E-state index contributed by atoms with van der Waals surface area (Å²) < 4.78 is 12.4. The van der Waals surface area contributed by atoms with Gasteiger partial charge in [-0.2, -0.15) is 0 Å². The molecule has 0 saturated heterocycles. The number of anilines is 1. The number of ether oxygens (including phenoxy) is 2. The Labute approximate surface area is 203 Å². The molecule has 0 spiro atoms. The maximum Gasteiger partial charge on any atom is 0.258 e. The van der Waals surface area contributed by atoms with E-state index in [0.717, 1.165) is 5.75 Å². The van der Waals surface area contributed by atoms with Crippen LogP contribution in [0.5, 0.6) is 11.5 Å². The normalized spacial score (nSPS) is 10.7. The molecule has 0 unspecified atom stereocenters. The van der Waals surface area contributed by atoms with Crippen molar-refractivity contribution in [1.29, 1.82) is 0 Å². The zero-order valence-corrected chi connectivity index (χ0v) is 20.5. The SMILES string of the molecule is COc1ccc(NC(=O)CSc2nnc(CNC(=O)COc3ccc(C(C)C)cc3)n2C)cc1. The highest BCUT2D eigenvalue weighted by Crippen LogP contribution is 2.19. The van der Waals surface area contributed by atoms with Crippen molar-refractivity contribution < 1.29 is 19.1 Å². The van der Waals surface area contributed by atoms with Crippen LogP contribution in [-0.4, -0.2) is 46.0 Å². The van der Waals surface area contributed by atoms with E-state index >= 15 is 0 Å². The predicted molar refractivity (Wildman–Crippen MR) is 131 cm³/mol. The molecule has 0 saturated carbocycles. The van der Waals surface area contributed by atoms with E-state index < -0.39 is 0 Å². The molecular formula is C24H29N5O4S. The molecule has 2 N–H and O–H groups in total. The number of aromatic nitrogens is 3. The first-order valence-corrected chi connectivity index (χ1v) is 11.8. The van der Waals surface area contributed by atoms with Gasteiger partial charge in [0.2, 0.25) is 5.91 Å². The highest BCUT2D eigenvalue weighted by molar-refractivity contribution is 7.99. The summed E-state index contributed by atoms with van der Waals surface area (Å²) in [6, 6.07) is 14.8. The Hall–Kier alpha value is -3.53. The van der Waals surface area contributed by atoms with Gasteiger partial charge in [0.1, 0.15) is 11.5 Å². The molecule has 2 aromatic carbocycles. The quantitative estimate of drug-likeness (QED) is 0.403. The third-order valence-corrected chi connectivity index (χ3v) is 6.01. The van der Waals surface area contributed by atoms with Gasteiger partial charge >= 0.3 is 0 Å². The van der Waals surface area contributed by atoms with E-state index in [9.17, 15) is 9.59 Å². The van der Waals surface area contributed by atoms with Crippen molar-refractivity contribution in [2.45, 2.75) is 31.5 Å². The van der Waals surface area contributed by atoms with Crippen molar-refractivity contribution in [2.75, 3.05) is 24.8 Å². The van der Waals surface area contributed by atoms with Crippen LogP contribution in [0.2, 0.25) is 0 Å². The number of amides is 2. The zero-order chi connectivity index (χ0) is 24.5. The molecule has 3 rings (SSSR count). The second-order valence-corrected chi connectivity index (χ2v) is 8.75. The summed E-state index contributed by atoms with van der Waals surface area (Å²) in [6.07, 6.45) is 0. The Balaban J connectivity index is 1.41. The highest BCUT2D eigenvalue weighted by Gasteiger charge is 2.13. The minimum absolute atomic E-state index is 0.0913. The number of methoxy groups -OCH3 is 1. The number of thioether (sulfide) groups is 1. The zero-order valence-electron chi connectivity index (χ0n) is 19.7. The standard InChI is InChI=1S/C24H29N5O4S/c1-16(2)17-5-9-20(10-6-17)33-14-22(30)25-13-21-27-28-24(29(21)3)34-15-23(31)26-18-7-11-19(32-4)12-8-18/h5-12,16H,13-15H2,1-4H3,(H,25,30)(H,26,31).